The predicted molar refractivity (Wildman–Crippen MR) is 58.8 cm³/mol. The maximum atomic E-state index is 12.8. The lowest BCUT2D eigenvalue weighted by Crippen LogP contribution is -2.13. The zero-order valence-electron chi connectivity index (χ0n) is 8.55. The lowest BCUT2D eigenvalue weighted by molar-refractivity contribution is 0.442. The van der Waals surface area contributed by atoms with Crippen LogP contribution < -0.4 is 11.5 Å². The van der Waals surface area contributed by atoms with Gasteiger partial charge in [-0.15, -0.1) is 12.4 Å². The number of hydrogen-bond acceptors (Lipinski definition) is 2. The maximum Gasteiger partial charge on any atom is 0.194 e. The first-order valence-corrected chi connectivity index (χ1v) is 4.66. The Bertz CT molecular complexity index is 324. The van der Waals surface area contributed by atoms with Gasteiger partial charge in [0.1, 0.15) is 0 Å². The number of nitrogens with two attached hydrogens (primary N) is 2. The number of halogens is 4. The first kappa shape index (κ1) is 15.2. The molecule has 16 heavy (non-hydrogen) atoms. The Hall–Kier alpha value is -0.780. The van der Waals surface area contributed by atoms with Crippen molar-refractivity contribution in [2.24, 2.45) is 11.5 Å². The molecule has 1 aromatic rings. The van der Waals surface area contributed by atoms with E-state index >= 15 is 0 Å². The summed E-state index contributed by atoms with van der Waals surface area (Å²) >= 11 is 0. The fourth-order valence-corrected chi connectivity index (χ4v) is 1.29. The Labute approximate surface area is 98.2 Å². The molecular formula is C10H14ClF3N2. The van der Waals surface area contributed by atoms with E-state index in [9.17, 15) is 13.2 Å². The lowest BCUT2D eigenvalue weighted by atomic mass is 10.0. The smallest absolute Gasteiger partial charge is 0.194 e. The number of rotatable bonds is 4. The highest BCUT2D eigenvalue weighted by Crippen LogP contribution is 2.20. The summed E-state index contributed by atoms with van der Waals surface area (Å²) in [5, 5.41) is 0. The van der Waals surface area contributed by atoms with Gasteiger partial charge in [-0.1, -0.05) is 0 Å². The van der Waals surface area contributed by atoms with Crippen molar-refractivity contribution in [2.45, 2.75) is 18.9 Å². The van der Waals surface area contributed by atoms with Gasteiger partial charge in [0, 0.05) is 6.04 Å². The van der Waals surface area contributed by atoms with Crippen LogP contribution in [0.1, 0.15) is 24.4 Å². The molecule has 2 nitrogen and oxygen atoms in total. The highest BCUT2D eigenvalue weighted by Gasteiger charge is 2.14. The summed E-state index contributed by atoms with van der Waals surface area (Å²) in [6.45, 7) is 0.458. The average Bonchev–Trinajstić information content (AvgIpc) is 2.21. The molecule has 92 valence electrons. The van der Waals surface area contributed by atoms with Gasteiger partial charge in [0.25, 0.3) is 0 Å². The highest BCUT2D eigenvalue weighted by atomic mass is 35.5. The van der Waals surface area contributed by atoms with Crippen LogP contribution in [0.2, 0.25) is 0 Å². The standard InChI is InChI=1S/C10H13F3N2.ClH/c11-7-4-6(5-8(12)10(7)13)9(15)2-1-3-14;/h4-5,9H,1-3,14-15H2;1H/t9-;/m1./s1. The van der Waals surface area contributed by atoms with E-state index in [4.69, 9.17) is 11.5 Å². The van der Waals surface area contributed by atoms with Gasteiger partial charge in [-0.3, -0.25) is 0 Å². The van der Waals surface area contributed by atoms with Crippen LogP contribution in [-0.4, -0.2) is 6.54 Å². The van der Waals surface area contributed by atoms with Crippen molar-refractivity contribution in [3.8, 4) is 0 Å². The maximum absolute atomic E-state index is 12.8. The second kappa shape index (κ2) is 6.73. The molecule has 0 unspecified atom stereocenters. The van der Waals surface area contributed by atoms with Crippen molar-refractivity contribution in [1.82, 2.24) is 0 Å². The SMILES string of the molecule is Cl.NCCC[C@@H](N)c1cc(F)c(F)c(F)c1. The normalized spacial score (nSPS) is 12.1. The summed E-state index contributed by atoms with van der Waals surface area (Å²) in [6.07, 6.45) is 1.17. The van der Waals surface area contributed by atoms with Gasteiger partial charge in [0.05, 0.1) is 0 Å². The highest BCUT2D eigenvalue weighted by molar-refractivity contribution is 5.85. The molecule has 0 fully saturated rings. The molecular weight excluding hydrogens is 241 g/mol. The summed E-state index contributed by atoms with van der Waals surface area (Å²) in [6, 6.07) is 1.32. The van der Waals surface area contributed by atoms with Crippen LogP contribution in [0.25, 0.3) is 0 Å². The molecule has 1 rings (SSSR count). The number of hydrogen-bond donors (Lipinski definition) is 2. The predicted octanol–water partition coefficient (Wildman–Crippen LogP) is 2.26. The molecule has 0 spiro atoms. The summed E-state index contributed by atoms with van der Waals surface area (Å²) < 4.78 is 38.3. The summed E-state index contributed by atoms with van der Waals surface area (Å²) in [7, 11) is 0. The summed E-state index contributed by atoms with van der Waals surface area (Å²) in [5.41, 5.74) is 11.2. The Morgan fingerprint density at radius 2 is 1.62 bits per heavy atom. The molecule has 0 aromatic heterocycles. The van der Waals surface area contributed by atoms with Crippen molar-refractivity contribution in [2.75, 3.05) is 6.54 Å². The molecule has 0 saturated heterocycles. The van der Waals surface area contributed by atoms with Crippen LogP contribution in [0, 0.1) is 17.5 Å². The van der Waals surface area contributed by atoms with Crippen molar-refractivity contribution < 1.29 is 13.2 Å². The fraction of sp³-hybridized carbons (Fsp3) is 0.400. The second-order valence-electron chi connectivity index (χ2n) is 3.34. The molecule has 6 heteroatoms. The number of benzene rings is 1. The van der Waals surface area contributed by atoms with Crippen molar-refractivity contribution in [1.29, 1.82) is 0 Å². The van der Waals surface area contributed by atoms with Gasteiger partial charge < -0.3 is 11.5 Å². The molecule has 0 bridgehead atoms. The van der Waals surface area contributed by atoms with E-state index in [1.807, 2.05) is 0 Å². The van der Waals surface area contributed by atoms with Crippen molar-refractivity contribution in [3.05, 3.63) is 35.1 Å². The molecule has 0 saturated carbocycles. The second-order valence-corrected chi connectivity index (χ2v) is 3.34. The van der Waals surface area contributed by atoms with Crippen LogP contribution in [0.4, 0.5) is 13.2 Å². The molecule has 0 aliphatic heterocycles. The molecule has 0 aliphatic rings. The Kier molecular flexibility index (Phi) is 6.40. The van der Waals surface area contributed by atoms with Gasteiger partial charge >= 0.3 is 0 Å². The average molecular weight is 255 g/mol. The van der Waals surface area contributed by atoms with Gasteiger partial charge in [0.2, 0.25) is 0 Å². The molecule has 4 N–H and O–H groups in total. The van der Waals surface area contributed by atoms with E-state index in [2.05, 4.69) is 0 Å². The van der Waals surface area contributed by atoms with Crippen LogP contribution in [-0.2, 0) is 0 Å². The third kappa shape index (κ3) is 3.66. The Morgan fingerprint density at radius 3 is 2.06 bits per heavy atom. The zero-order valence-corrected chi connectivity index (χ0v) is 9.37. The van der Waals surface area contributed by atoms with E-state index < -0.39 is 23.5 Å². The molecule has 0 amide bonds. The fourth-order valence-electron chi connectivity index (χ4n) is 1.29. The van der Waals surface area contributed by atoms with Crippen molar-refractivity contribution >= 4 is 12.4 Å². The van der Waals surface area contributed by atoms with E-state index in [0.717, 1.165) is 12.1 Å². The van der Waals surface area contributed by atoms with E-state index in [1.54, 1.807) is 0 Å². The third-order valence-electron chi connectivity index (χ3n) is 2.15. The monoisotopic (exact) mass is 254 g/mol. The molecule has 0 heterocycles. The molecule has 1 atom stereocenters. The summed E-state index contributed by atoms with van der Waals surface area (Å²) in [4.78, 5) is 0. The van der Waals surface area contributed by atoms with Crippen LogP contribution in [0.3, 0.4) is 0 Å². The molecule has 1 aromatic carbocycles. The van der Waals surface area contributed by atoms with E-state index in [1.165, 1.54) is 0 Å². The van der Waals surface area contributed by atoms with E-state index in [-0.39, 0.29) is 18.0 Å². The van der Waals surface area contributed by atoms with Crippen LogP contribution in [0.5, 0.6) is 0 Å². The minimum Gasteiger partial charge on any atom is -0.330 e. The molecule has 0 aliphatic carbocycles. The van der Waals surface area contributed by atoms with Crippen LogP contribution >= 0.6 is 12.4 Å². The zero-order chi connectivity index (χ0) is 11.4. The minimum atomic E-state index is -1.47. The van der Waals surface area contributed by atoms with Gasteiger partial charge in [-0.25, -0.2) is 13.2 Å². The van der Waals surface area contributed by atoms with Gasteiger partial charge in [-0.05, 0) is 37.1 Å². The lowest BCUT2D eigenvalue weighted by Gasteiger charge is -2.11. The van der Waals surface area contributed by atoms with Crippen LogP contribution in [0.15, 0.2) is 12.1 Å². The largest absolute Gasteiger partial charge is 0.330 e. The van der Waals surface area contributed by atoms with Gasteiger partial charge in [-0.2, -0.15) is 0 Å². The first-order valence-electron chi connectivity index (χ1n) is 4.66. The quantitative estimate of drug-likeness (QED) is 0.810. The van der Waals surface area contributed by atoms with Gasteiger partial charge in [0.15, 0.2) is 17.5 Å². The third-order valence-corrected chi connectivity index (χ3v) is 2.15. The minimum absolute atomic E-state index is 0. The summed E-state index contributed by atoms with van der Waals surface area (Å²) in [5.74, 6) is -3.90. The Balaban J connectivity index is 0.00000225. The van der Waals surface area contributed by atoms with Crippen molar-refractivity contribution in [3.63, 3.8) is 0 Å². The van der Waals surface area contributed by atoms with E-state index in [0.29, 0.717) is 19.4 Å². The molecule has 0 radical (unpaired) electrons. The Morgan fingerprint density at radius 1 is 1.12 bits per heavy atom. The first-order chi connectivity index (χ1) is 7.06. The topological polar surface area (TPSA) is 52.0 Å².